The minimum absolute atomic E-state index is 0.676. The van der Waals surface area contributed by atoms with Gasteiger partial charge in [-0.05, 0) is 30.3 Å². The summed E-state index contributed by atoms with van der Waals surface area (Å²) < 4.78 is 4.39. The first-order chi connectivity index (χ1) is 15.9. The molecule has 3 heterocycles. The van der Waals surface area contributed by atoms with Crippen molar-refractivity contribution in [3.63, 3.8) is 0 Å². The van der Waals surface area contributed by atoms with E-state index in [1.165, 1.54) is 10.8 Å². The molecule has 0 N–H and O–H groups in total. The molecule has 3 aromatic heterocycles. The van der Waals surface area contributed by atoms with Crippen LogP contribution in [-0.4, -0.2) is 19.1 Å². The number of rotatable bonds is 2. The van der Waals surface area contributed by atoms with Crippen LogP contribution in [0.1, 0.15) is 0 Å². The van der Waals surface area contributed by atoms with E-state index in [4.69, 9.17) is 9.97 Å². The summed E-state index contributed by atoms with van der Waals surface area (Å²) >= 11 is 0. The van der Waals surface area contributed by atoms with Crippen LogP contribution in [0.4, 0.5) is 0 Å². The van der Waals surface area contributed by atoms with Gasteiger partial charge in [-0.25, -0.2) is 4.98 Å². The van der Waals surface area contributed by atoms with Gasteiger partial charge in [-0.15, -0.1) is 0 Å². The summed E-state index contributed by atoms with van der Waals surface area (Å²) in [5.41, 5.74) is 5.34. The van der Waals surface area contributed by atoms with Crippen LogP contribution in [0.25, 0.3) is 55.4 Å². The number of hydrogen-bond acceptors (Lipinski definition) is 2. The lowest BCUT2D eigenvalue weighted by Gasteiger charge is -2.09. The Morgan fingerprint density at radius 3 is 1.59 bits per heavy atom. The monoisotopic (exact) mass is 410 g/mol. The highest BCUT2D eigenvalue weighted by atomic mass is 15.2. The summed E-state index contributed by atoms with van der Waals surface area (Å²) in [5, 5.41) is 4.61. The normalized spacial score (nSPS) is 11.8. The summed E-state index contributed by atoms with van der Waals surface area (Å²) in [6, 6.07) is 35.7. The van der Waals surface area contributed by atoms with Crippen molar-refractivity contribution in [3.05, 3.63) is 109 Å². The summed E-state index contributed by atoms with van der Waals surface area (Å²) in [4.78, 5) is 9.99. The molecule has 4 nitrogen and oxygen atoms in total. The molecule has 150 valence electrons. The molecule has 7 rings (SSSR count). The molecule has 4 heteroatoms. The quantitative estimate of drug-likeness (QED) is 0.319. The van der Waals surface area contributed by atoms with Gasteiger partial charge in [0.1, 0.15) is 0 Å². The van der Waals surface area contributed by atoms with Crippen LogP contribution < -0.4 is 0 Å². The Hall–Kier alpha value is -4.44. The van der Waals surface area contributed by atoms with Crippen molar-refractivity contribution in [3.8, 4) is 11.6 Å². The third kappa shape index (κ3) is 2.32. The van der Waals surface area contributed by atoms with Crippen LogP contribution in [0.5, 0.6) is 0 Å². The van der Waals surface area contributed by atoms with Gasteiger partial charge in [0.15, 0.2) is 5.65 Å². The molecule has 32 heavy (non-hydrogen) atoms. The highest BCUT2D eigenvalue weighted by molar-refractivity contribution is 6.10. The van der Waals surface area contributed by atoms with Crippen molar-refractivity contribution < 1.29 is 0 Å². The Morgan fingerprint density at radius 1 is 0.469 bits per heavy atom. The second kappa shape index (κ2) is 6.53. The van der Waals surface area contributed by atoms with Crippen molar-refractivity contribution >= 4 is 43.7 Å². The fraction of sp³-hybridized carbons (Fsp3) is 0. The number of fused-ring (bicyclic) bond motifs is 6. The molecule has 0 unspecified atom stereocenters. The number of aromatic nitrogens is 4. The van der Waals surface area contributed by atoms with Crippen LogP contribution in [0.3, 0.4) is 0 Å². The molecular weight excluding hydrogens is 392 g/mol. The number of nitrogens with zero attached hydrogens (tertiary/aromatic N) is 4. The van der Waals surface area contributed by atoms with Gasteiger partial charge in [0.25, 0.3) is 0 Å². The minimum Gasteiger partial charge on any atom is -0.294 e. The standard InChI is InChI=1S/C28H18N4/c1-2-10-19(11-3-1)31-24-15-7-6-14-22(24)23-18-29-28(30-27(23)31)32-25-16-8-4-12-20(25)21-13-5-9-17-26(21)32/h1-18H. The average Bonchev–Trinajstić information content (AvgIpc) is 3.37. The van der Waals surface area contributed by atoms with Crippen molar-refractivity contribution in [1.82, 2.24) is 19.1 Å². The molecule has 0 radical (unpaired) electrons. The highest BCUT2D eigenvalue weighted by Crippen LogP contribution is 2.33. The second-order valence-corrected chi connectivity index (χ2v) is 7.97. The van der Waals surface area contributed by atoms with E-state index in [9.17, 15) is 0 Å². The largest absolute Gasteiger partial charge is 0.294 e. The van der Waals surface area contributed by atoms with Gasteiger partial charge < -0.3 is 0 Å². The summed E-state index contributed by atoms with van der Waals surface area (Å²) in [6.07, 6.45) is 1.96. The third-order valence-electron chi connectivity index (χ3n) is 6.20. The molecule has 0 aliphatic heterocycles. The van der Waals surface area contributed by atoms with Crippen LogP contribution in [0.2, 0.25) is 0 Å². The first-order valence-corrected chi connectivity index (χ1v) is 10.7. The van der Waals surface area contributed by atoms with Gasteiger partial charge in [0, 0.05) is 33.4 Å². The Morgan fingerprint density at radius 2 is 0.969 bits per heavy atom. The first-order valence-electron chi connectivity index (χ1n) is 10.7. The topological polar surface area (TPSA) is 35.6 Å². The predicted octanol–water partition coefficient (Wildman–Crippen LogP) is 6.67. The first kappa shape index (κ1) is 17.3. The summed E-state index contributed by atoms with van der Waals surface area (Å²) in [5.74, 6) is 0.676. The van der Waals surface area contributed by atoms with Crippen molar-refractivity contribution in [1.29, 1.82) is 0 Å². The van der Waals surface area contributed by atoms with E-state index in [0.29, 0.717) is 5.95 Å². The van der Waals surface area contributed by atoms with Gasteiger partial charge >= 0.3 is 0 Å². The van der Waals surface area contributed by atoms with Crippen LogP contribution in [0.15, 0.2) is 109 Å². The molecule has 0 aliphatic carbocycles. The molecule has 0 spiro atoms. The van der Waals surface area contributed by atoms with E-state index in [-0.39, 0.29) is 0 Å². The van der Waals surface area contributed by atoms with Gasteiger partial charge in [0.2, 0.25) is 5.95 Å². The maximum Gasteiger partial charge on any atom is 0.236 e. The van der Waals surface area contributed by atoms with Gasteiger partial charge in [-0.2, -0.15) is 4.98 Å². The van der Waals surface area contributed by atoms with Gasteiger partial charge in [-0.3, -0.25) is 9.13 Å². The molecule has 0 amide bonds. The van der Waals surface area contributed by atoms with E-state index in [1.54, 1.807) is 0 Å². The Bertz CT molecular complexity index is 1720. The SMILES string of the molecule is c1ccc(-n2c3ccccc3c3cnc(-n4c5ccccc5c5ccccc54)nc32)cc1. The zero-order valence-corrected chi connectivity index (χ0v) is 17.2. The Labute approximate surface area is 184 Å². The van der Waals surface area contributed by atoms with Crippen LogP contribution in [-0.2, 0) is 0 Å². The molecule has 0 aliphatic rings. The molecule has 0 saturated carbocycles. The van der Waals surface area contributed by atoms with E-state index in [1.807, 2.05) is 12.3 Å². The second-order valence-electron chi connectivity index (χ2n) is 7.97. The lowest BCUT2D eigenvalue weighted by atomic mass is 10.2. The zero-order chi connectivity index (χ0) is 21.1. The van der Waals surface area contributed by atoms with Crippen molar-refractivity contribution in [2.75, 3.05) is 0 Å². The van der Waals surface area contributed by atoms with E-state index >= 15 is 0 Å². The van der Waals surface area contributed by atoms with Crippen LogP contribution >= 0.6 is 0 Å². The Balaban J connectivity index is 1.62. The predicted molar refractivity (Wildman–Crippen MR) is 131 cm³/mol. The van der Waals surface area contributed by atoms with E-state index in [0.717, 1.165) is 38.7 Å². The van der Waals surface area contributed by atoms with E-state index in [2.05, 4.69) is 106 Å². The van der Waals surface area contributed by atoms with E-state index < -0.39 is 0 Å². The molecule has 4 aromatic carbocycles. The molecular formula is C28H18N4. The smallest absolute Gasteiger partial charge is 0.236 e. The van der Waals surface area contributed by atoms with Crippen molar-refractivity contribution in [2.45, 2.75) is 0 Å². The van der Waals surface area contributed by atoms with Gasteiger partial charge in [0.05, 0.1) is 16.6 Å². The molecule has 0 bridgehead atoms. The maximum atomic E-state index is 5.15. The summed E-state index contributed by atoms with van der Waals surface area (Å²) in [7, 11) is 0. The number of benzene rings is 4. The fourth-order valence-corrected chi connectivity index (χ4v) is 4.82. The molecule has 0 fully saturated rings. The lowest BCUT2D eigenvalue weighted by Crippen LogP contribution is -2.03. The molecule has 7 aromatic rings. The fourth-order valence-electron chi connectivity index (χ4n) is 4.82. The average molecular weight is 410 g/mol. The summed E-state index contributed by atoms with van der Waals surface area (Å²) in [6.45, 7) is 0. The third-order valence-corrected chi connectivity index (χ3v) is 6.20. The van der Waals surface area contributed by atoms with Crippen LogP contribution in [0, 0.1) is 0 Å². The number of hydrogen-bond donors (Lipinski definition) is 0. The lowest BCUT2D eigenvalue weighted by molar-refractivity contribution is 0.992. The molecule has 0 saturated heterocycles. The zero-order valence-electron chi connectivity index (χ0n) is 17.2. The van der Waals surface area contributed by atoms with Gasteiger partial charge in [-0.1, -0.05) is 72.8 Å². The molecule has 0 atom stereocenters. The number of para-hydroxylation sites is 4. The maximum absolute atomic E-state index is 5.15. The van der Waals surface area contributed by atoms with Crippen molar-refractivity contribution in [2.24, 2.45) is 0 Å². The Kier molecular flexibility index (Phi) is 3.52. The minimum atomic E-state index is 0.676. The highest BCUT2D eigenvalue weighted by Gasteiger charge is 2.17.